The Morgan fingerprint density at radius 2 is 1.30 bits per heavy atom. The van der Waals surface area contributed by atoms with Crippen molar-refractivity contribution in [1.29, 1.82) is 0 Å². The minimum Gasteiger partial charge on any atom is -0.374 e. The van der Waals surface area contributed by atoms with Crippen LogP contribution in [0.4, 0.5) is 4.39 Å². The van der Waals surface area contributed by atoms with Gasteiger partial charge in [-0.25, -0.2) is 4.39 Å². The minimum atomic E-state index is -1.26. The number of hydrogen-bond donors (Lipinski definition) is 1. The highest BCUT2D eigenvalue weighted by Gasteiger charge is 2.34. The summed E-state index contributed by atoms with van der Waals surface area (Å²) in [4.78, 5) is 26.0. The summed E-state index contributed by atoms with van der Waals surface area (Å²) < 4.78 is 20.6. The van der Waals surface area contributed by atoms with Crippen LogP contribution in [0.3, 0.4) is 0 Å². The third kappa shape index (κ3) is 5.18. The molecule has 1 aliphatic heterocycles. The third-order valence-corrected chi connectivity index (χ3v) is 5.87. The number of rotatable bonds is 10. The first-order valence-corrected chi connectivity index (χ1v) is 11.1. The monoisotopic (exact) mass is 446 g/mol. The van der Waals surface area contributed by atoms with E-state index >= 15 is 0 Å². The van der Waals surface area contributed by atoms with Gasteiger partial charge in [0.1, 0.15) is 6.17 Å². The van der Waals surface area contributed by atoms with Crippen molar-refractivity contribution in [3.8, 4) is 0 Å². The fourth-order valence-corrected chi connectivity index (χ4v) is 3.99. The maximum Gasteiger partial charge on any atom is 0.261 e. The van der Waals surface area contributed by atoms with Crippen LogP contribution >= 0.6 is 0 Å². The van der Waals surface area contributed by atoms with Gasteiger partial charge in [0.2, 0.25) is 0 Å². The molecular weight excluding hydrogens is 419 g/mol. The van der Waals surface area contributed by atoms with Gasteiger partial charge in [0.25, 0.3) is 11.8 Å². The molecule has 0 spiro atoms. The Kier molecular flexibility index (Phi) is 7.27. The lowest BCUT2D eigenvalue weighted by Gasteiger charge is -2.24. The van der Waals surface area contributed by atoms with Gasteiger partial charge in [0, 0.05) is 6.54 Å². The van der Waals surface area contributed by atoms with Crippen molar-refractivity contribution >= 4 is 11.8 Å². The molecule has 4 rings (SSSR count). The molecule has 33 heavy (non-hydrogen) atoms. The molecular formula is C27H27FN2O3. The quantitative estimate of drug-likeness (QED) is 0.469. The number of hydrogen-bond acceptors (Lipinski definition) is 4. The van der Waals surface area contributed by atoms with E-state index in [4.69, 9.17) is 4.74 Å². The third-order valence-electron chi connectivity index (χ3n) is 5.87. The van der Waals surface area contributed by atoms with Crippen molar-refractivity contribution in [3.63, 3.8) is 0 Å². The number of nitrogens with one attached hydrogen (secondary N) is 1. The van der Waals surface area contributed by atoms with Crippen LogP contribution in [-0.2, 0) is 4.74 Å². The Balaban J connectivity index is 1.30. The molecule has 1 aliphatic rings. The zero-order chi connectivity index (χ0) is 23.2. The van der Waals surface area contributed by atoms with Gasteiger partial charge < -0.3 is 10.1 Å². The Morgan fingerprint density at radius 1 is 0.818 bits per heavy atom. The van der Waals surface area contributed by atoms with E-state index in [1.807, 2.05) is 60.7 Å². The Morgan fingerprint density at radius 3 is 1.82 bits per heavy atom. The molecule has 0 radical (unpaired) electrons. The molecule has 2 unspecified atom stereocenters. The van der Waals surface area contributed by atoms with E-state index in [0.29, 0.717) is 11.1 Å². The van der Waals surface area contributed by atoms with Crippen LogP contribution in [0.15, 0.2) is 84.9 Å². The number of amides is 2. The molecule has 3 aromatic carbocycles. The van der Waals surface area contributed by atoms with Gasteiger partial charge in [-0.1, -0.05) is 72.8 Å². The minimum absolute atomic E-state index is 0.0772. The van der Waals surface area contributed by atoms with Gasteiger partial charge in [-0.15, -0.1) is 0 Å². The Labute approximate surface area is 193 Å². The zero-order valence-corrected chi connectivity index (χ0v) is 18.5. The lowest BCUT2D eigenvalue weighted by Crippen LogP contribution is -2.38. The van der Waals surface area contributed by atoms with E-state index in [1.54, 1.807) is 31.2 Å². The predicted molar refractivity (Wildman–Crippen MR) is 125 cm³/mol. The first kappa shape index (κ1) is 22.8. The van der Waals surface area contributed by atoms with Gasteiger partial charge in [0.05, 0.1) is 36.4 Å². The fraction of sp³-hybridized carbons (Fsp3) is 0.259. The van der Waals surface area contributed by atoms with E-state index in [9.17, 15) is 14.0 Å². The molecule has 0 bridgehead atoms. The number of carbonyl (C=O) groups excluding carboxylic acids is 2. The number of imide groups is 1. The second kappa shape index (κ2) is 10.5. The van der Waals surface area contributed by atoms with Crippen LogP contribution in [-0.4, -0.2) is 48.7 Å². The van der Waals surface area contributed by atoms with Gasteiger partial charge in [-0.2, -0.15) is 0 Å². The lowest BCUT2D eigenvalue weighted by atomic mass is 9.98. The molecule has 5 nitrogen and oxygen atoms in total. The molecule has 6 heteroatoms. The molecule has 2 amide bonds. The van der Waals surface area contributed by atoms with E-state index < -0.39 is 12.3 Å². The molecule has 0 saturated heterocycles. The van der Waals surface area contributed by atoms with E-state index in [2.05, 4.69) is 5.32 Å². The van der Waals surface area contributed by atoms with Crippen molar-refractivity contribution < 1.29 is 18.7 Å². The summed E-state index contributed by atoms with van der Waals surface area (Å²) in [5.74, 6) is -0.669. The first-order chi connectivity index (χ1) is 16.1. The van der Waals surface area contributed by atoms with Gasteiger partial charge in [-0.05, 0) is 30.2 Å². The second-order valence-corrected chi connectivity index (χ2v) is 8.06. The number of nitrogens with zero attached hydrogens (tertiary/aromatic N) is 1. The molecule has 0 saturated carbocycles. The van der Waals surface area contributed by atoms with Crippen LogP contribution < -0.4 is 5.32 Å². The average molecular weight is 447 g/mol. The second-order valence-electron chi connectivity index (χ2n) is 8.06. The largest absolute Gasteiger partial charge is 0.374 e. The summed E-state index contributed by atoms with van der Waals surface area (Å²) >= 11 is 0. The Hall–Kier alpha value is -3.35. The van der Waals surface area contributed by atoms with Crippen molar-refractivity contribution in [1.82, 2.24) is 10.2 Å². The topological polar surface area (TPSA) is 58.6 Å². The molecule has 3 aromatic rings. The standard InChI is InChI=1S/C27H27FN2O3/c1-19(33-17-16-30-26(31)22-14-8-9-15-23(22)27(30)32)24(28)18-29-25(20-10-4-2-5-11-20)21-12-6-3-7-13-21/h2-15,19,24-25,29H,16-18H2,1H3. The fourth-order valence-electron chi connectivity index (χ4n) is 3.99. The number of fused-ring (bicyclic) bond motifs is 1. The summed E-state index contributed by atoms with van der Waals surface area (Å²) in [6.45, 7) is 1.93. The van der Waals surface area contributed by atoms with Crippen LogP contribution in [0.5, 0.6) is 0 Å². The molecule has 0 aliphatic carbocycles. The van der Waals surface area contributed by atoms with Crippen molar-refractivity contribution in [2.45, 2.75) is 25.2 Å². The van der Waals surface area contributed by atoms with Gasteiger partial charge in [0.15, 0.2) is 0 Å². The molecule has 170 valence electrons. The number of ether oxygens (including phenoxy) is 1. The summed E-state index contributed by atoms with van der Waals surface area (Å²) in [6.07, 6.45) is -1.96. The molecule has 1 N–H and O–H groups in total. The number of carbonyl (C=O) groups is 2. The number of alkyl halides is 1. The molecule has 0 aromatic heterocycles. The molecule has 2 atom stereocenters. The Bertz CT molecular complexity index is 1020. The lowest BCUT2D eigenvalue weighted by molar-refractivity contribution is 0.00228. The SMILES string of the molecule is CC(OCCN1C(=O)c2ccccc2C1=O)C(F)CNC(c1ccccc1)c1ccccc1. The first-order valence-electron chi connectivity index (χ1n) is 11.1. The van der Waals surface area contributed by atoms with E-state index in [1.165, 1.54) is 0 Å². The number of halogens is 1. The predicted octanol–water partition coefficient (Wildman–Crippen LogP) is 4.41. The van der Waals surface area contributed by atoms with Crippen LogP contribution in [0.2, 0.25) is 0 Å². The van der Waals surface area contributed by atoms with Gasteiger partial charge in [-0.3, -0.25) is 14.5 Å². The average Bonchev–Trinajstić information content (AvgIpc) is 3.10. The van der Waals surface area contributed by atoms with Crippen molar-refractivity contribution in [2.75, 3.05) is 19.7 Å². The normalized spacial score (nSPS) is 15.1. The zero-order valence-electron chi connectivity index (χ0n) is 18.5. The van der Waals surface area contributed by atoms with Crippen molar-refractivity contribution in [3.05, 3.63) is 107 Å². The summed E-state index contributed by atoms with van der Waals surface area (Å²) in [7, 11) is 0. The van der Waals surface area contributed by atoms with Gasteiger partial charge >= 0.3 is 0 Å². The van der Waals surface area contributed by atoms with E-state index in [-0.39, 0.29) is 37.6 Å². The summed E-state index contributed by atoms with van der Waals surface area (Å²) in [6, 6.07) is 26.4. The van der Waals surface area contributed by atoms with Crippen LogP contribution in [0.1, 0.15) is 44.8 Å². The highest BCUT2D eigenvalue weighted by atomic mass is 19.1. The summed E-state index contributed by atoms with van der Waals surface area (Å²) in [5.41, 5.74) is 2.90. The highest BCUT2D eigenvalue weighted by molar-refractivity contribution is 6.21. The highest BCUT2D eigenvalue weighted by Crippen LogP contribution is 2.23. The smallest absolute Gasteiger partial charge is 0.261 e. The van der Waals surface area contributed by atoms with Crippen LogP contribution in [0, 0.1) is 0 Å². The maximum atomic E-state index is 14.9. The maximum absolute atomic E-state index is 14.9. The molecule has 0 fully saturated rings. The van der Waals surface area contributed by atoms with Crippen LogP contribution in [0.25, 0.3) is 0 Å². The van der Waals surface area contributed by atoms with Crippen molar-refractivity contribution in [2.24, 2.45) is 0 Å². The molecule has 1 heterocycles. The summed E-state index contributed by atoms with van der Waals surface area (Å²) in [5, 5.41) is 3.32. The van der Waals surface area contributed by atoms with E-state index in [0.717, 1.165) is 16.0 Å². The number of benzene rings is 3.